The summed E-state index contributed by atoms with van der Waals surface area (Å²) in [5.41, 5.74) is 0. The van der Waals surface area contributed by atoms with Gasteiger partial charge >= 0.3 is 39.5 Å². The molecule has 0 aromatic heterocycles. The second kappa shape index (κ2) is 77.8. The van der Waals surface area contributed by atoms with Crippen LogP contribution in [0.5, 0.6) is 0 Å². The average Bonchev–Trinajstić information content (AvgIpc) is 0.929. The molecular formula is C87H166O17P2. The van der Waals surface area contributed by atoms with E-state index >= 15 is 0 Å². The van der Waals surface area contributed by atoms with Crippen molar-refractivity contribution in [3.8, 4) is 0 Å². The molecule has 0 aliphatic rings. The molecule has 0 amide bonds. The van der Waals surface area contributed by atoms with E-state index in [9.17, 15) is 43.2 Å². The summed E-state index contributed by atoms with van der Waals surface area (Å²) in [6.07, 6.45) is 73.0. The molecule has 0 aromatic rings. The fraction of sp³-hybridized carbons (Fsp3) is 0.908. The summed E-state index contributed by atoms with van der Waals surface area (Å²) in [6.45, 7) is 9.64. The zero-order valence-electron chi connectivity index (χ0n) is 69.2. The number of ether oxygens (including phenoxy) is 4. The maximum absolute atomic E-state index is 13.2. The summed E-state index contributed by atoms with van der Waals surface area (Å²) in [4.78, 5) is 73.3. The highest BCUT2D eigenvalue weighted by molar-refractivity contribution is 7.47. The Labute approximate surface area is 650 Å². The van der Waals surface area contributed by atoms with E-state index < -0.39 is 97.5 Å². The number of unbranched alkanes of at least 4 members (excludes halogenated alkanes) is 50. The number of carbonyl (C=O) groups excluding carboxylic acids is 4. The summed E-state index contributed by atoms with van der Waals surface area (Å²) in [6, 6.07) is 0. The number of allylic oxidation sites excluding steroid dienone is 4. The van der Waals surface area contributed by atoms with Crippen LogP contribution in [0.2, 0.25) is 0 Å². The van der Waals surface area contributed by atoms with Crippen LogP contribution >= 0.6 is 15.6 Å². The second-order valence-electron chi connectivity index (χ2n) is 31.3. The topological polar surface area (TPSA) is 237 Å². The quantitative estimate of drug-likeness (QED) is 0.0169. The Hall–Kier alpha value is -2.46. The summed E-state index contributed by atoms with van der Waals surface area (Å²) in [7, 11) is -9.94. The summed E-state index contributed by atoms with van der Waals surface area (Å²) >= 11 is 0. The summed E-state index contributed by atoms with van der Waals surface area (Å²) < 4.78 is 68.9. The molecule has 3 N–H and O–H groups in total. The van der Waals surface area contributed by atoms with Crippen molar-refractivity contribution in [2.24, 2.45) is 11.8 Å². The number of phosphoric ester groups is 2. The van der Waals surface area contributed by atoms with Crippen molar-refractivity contribution < 1.29 is 80.2 Å². The fourth-order valence-electron chi connectivity index (χ4n) is 13.0. The largest absolute Gasteiger partial charge is 0.472 e. The smallest absolute Gasteiger partial charge is 0.462 e. The van der Waals surface area contributed by atoms with Gasteiger partial charge in [0.25, 0.3) is 0 Å². The van der Waals surface area contributed by atoms with Crippen LogP contribution in [0.1, 0.15) is 440 Å². The van der Waals surface area contributed by atoms with Crippen LogP contribution in [0.4, 0.5) is 0 Å². The molecule has 0 saturated heterocycles. The van der Waals surface area contributed by atoms with Crippen LogP contribution in [0.25, 0.3) is 0 Å². The SMILES string of the molecule is CCCCCC/C=C\C=C/CCCCCCCC(=O)O[C@H](COC(=O)CCCCCCCCCCC(C)CC)COP(=O)(O)OC[C@H](O)COP(=O)(O)OC[C@@H](COC(=O)CCCCCCCCCCCCCCCCCCC(C)C)OC(=O)CCCCCCCCCCCCCCCCCCCCCC. The zero-order valence-corrected chi connectivity index (χ0v) is 71.0. The molecule has 0 aliphatic carbocycles. The molecule has 0 bridgehead atoms. The maximum Gasteiger partial charge on any atom is 0.472 e. The molecule has 0 saturated carbocycles. The number of hydrogen-bond donors (Lipinski definition) is 3. The molecule has 0 spiro atoms. The fourth-order valence-corrected chi connectivity index (χ4v) is 14.6. The third kappa shape index (κ3) is 78.2. The predicted octanol–water partition coefficient (Wildman–Crippen LogP) is 26.2. The highest BCUT2D eigenvalue weighted by atomic mass is 31.2. The van der Waals surface area contributed by atoms with E-state index in [0.717, 1.165) is 115 Å². The molecule has 0 fully saturated rings. The minimum absolute atomic E-state index is 0.0849. The highest BCUT2D eigenvalue weighted by Gasteiger charge is 2.30. The van der Waals surface area contributed by atoms with E-state index in [1.165, 1.54) is 244 Å². The molecule has 0 heterocycles. The molecule has 17 nitrogen and oxygen atoms in total. The van der Waals surface area contributed by atoms with Crippen molar-refractivity contribution in [3.63, 3.8) is 0 Å². The first-order chi connectivity index (χ1) is 51.4. The lowest BCUT2D eigenvalue weighted by atomic mass is 9.99. The maximum atomic E-state index is 13.2. The predicted molar refractivity (Wildman–Crippen MR) is 437 cm³/mol. The minimum atomic E-state index is -4.97. The Morgan fingerprint density at radius 1 is 0.311 bits per heavy atom. The van der Waals surface area contributed by atoms with Gasteiger partial charge in [0.05, 0.1) is 26.4 Å². The van der Waals surface area contributed by atoms with Crippen LogP contribution in [0, 0.1) is 11.8 Å². The summed E-state index contributed by atoms with van der Waals surface area (Å²) in [5.74, 6) is -0.546. The third-order valence-corrected chi connectivity index (χ3v) is 22.1. The number of rotatable bonds is 84. The number of phosphoric acid groups is 2. The van der Waals surface area contributed by atoms with Crippen molar-refractivity contribution in [1.29, 1.82) is 0 Å². The lowest BCUT2D eigenvalue weighted by Gasteiger charge is -2.21. The first-order valence-corrected chi connectivity index (χ1v) is 47.3. The van der Waals surface area contributed by atoms with Crippen LogP contribution in [-0.2, 0) is 65.4 Å². The molecule has 19 heteroatoms. The highest BCUT2D eigenvalue weighted by Crippen LogP contribution is 2.45. The van der Waals surface area contributed by atoms with Crippen LogP contribution in [0.15, 0.2) is 24.3 Å². The van der Waals surface area contributed by atoms with Crippen LogP contribution < -0.4 is 0 Å². The molecule has 626 valence electrons. The van der Waals surface area contributed by atoms with Crippen LogP contribution in [0.3, 0.4) is 0 Å². The van der Waals surface area contributed by atoms with Crippen molar-refractivity contribution in [2.45, 2.75) is 458 Å². The van der Waals surface area contributed by atoms with Crippen molar-refractivity contribution in [3.05, 3.63) is 24.3 Å². The van der Waals surface area contributed by atoms with Gasteiger partial charge in [-0.25, -0.2) is 9.13 Å². The minimum Gasteiger partial charge on any atom is -0.462 e. The van der Waals surface area contributed by atoms with Crippen LogP contribution in [-0.4, -0.2) is 96.7 Å². The Morgan fingerprint density at radius 2 is 0.557 bits per heavy atom. The van der Waals surface area contributed by atoms with Crippen molar-refractivity contribution >= 4 is 39.5 Å². The Bertz CT molecular complexity index is 2130. The van der Waals surface area contributed by atoms with Gasteiger partial charge in [0.1, 0.15) is 19.3 Å². The van der Waals surface area contributed by atoms with Gasteiger partial charge in [-0.05, 0) is 63.2 Å². The molecule has 106 heavy (non-hydrogen) atoms. The molecule has 6 atom stereocenters. The molecule has 3 unspecified atom stereocenters. The van der Waals surface area contributed by atoms with Gasteiger partial charge in [0.2, 0.25) is 0 Å². The van der Waals surface area contributed by atoms with Crippen molar-refractivity contribution in [2.75, 3.05) is 39.6 Å². The van der Waals surface area contributed by atoms with E-state index in [1.54, 1.807) is 0 Å². The van der Waals surface area contributed by atoms with Gasteiger partial charge in [-0.15, -0.1) is 0 Å². The third-order valence-electron chi connectivity index (χ3n) is 20.2. The van der Waals surface area contributed by atoms with E-state index in [4.69, 9.17) is 37.0 Å². The lowest BCUT2D eigenvalue weighted by Crippen LogP contribution is -2.30. The molecule has 0 aliphatic heterocycles. The molecule has 0 radical (unpaired) electrons. The van der Waals surface area contributed by atoms with Crippen molar-refractivity contribution in [1.82, 2.24) is 0 Å². The molecular weight excluding hydrogens is 1380 g/mol. The number of hydrogen-bond acceptors (Lipinski definition) is 15. The normalized spacial score (nSPS) is 14.2. The second-order valence-corrected chi connectivity index (χ2v) is 34.2. The van der Waals surface area contributed by atoms with Gasteiger partial charge in [0.15, 0.2) is 12.2 Å². The molecule has 0 aromatic carbocycles. The first kappa shape index (κ1) is 104. The van der Waals surface area contributed by atoms with Gasteiger partial charge in [0, 0.05) is 25.7 Å². The van der Waals surface area contributed by atoms with E-state index in [1.807, 2.05) is 0 Å². The van der Waals surface area contributed by atoms with Gasteiger partial charge < -0.3 is 33.8 Å². The van der Waals surface area contributed by atoms with E-state index in [2.05, 4.69) is 65.8 Å². The monoisotopic (exact) mass is 1550 g/mol. The molecule has 0 rings (SSSR count). The Kier molecular flexibility index (Phi) is 76.0. The Balaban J connectivity index is 5.28. The lowest BCUT2D eigenvalue weighted by molar-refractivity contribution is -0.161. The first-order valence-electron chi connectivity index (χ1n) is 44.3. The van der Waals surface area contributed by atoms with Gasteiger partial charge in [-0.1, -0.05) is 387 Å². The number of carbonyl (C=O) groups is 4. The number of aliphatic hydroxyl groups is 1. The number of esters is 4. The Morgan fingerprint density at radius 3 is 0.849 bits per heavy atom. The summed E-state index contributed by atoms with van der Waals surface area (Å²) in [5, 5.41) is 10.7. The zero-order chi connectivity index (χ0) is 77.8. The van der Waals surface area contributed by atoms with Gasteiger partial charge in [-0.2, -0.15) is 0 Å². The van der Waals surface area contributed by atoms with E-state index in [0.29, 0.717) is 25.7 Å². The van der Waals surface area contributed by atoms with E-state index in [-0.39, 0.29) is 25.7 Å². The standard InChI is InChI=1S/C87H166O17P2/c1-7-10-12-14-16-18-20-22-24-25-26-27-28-34-38-42-46-54-60-66-72-86(91)103-82(75-97-84(89)69-63-57-51-44-40-36-33-30-29-32-35-39-43-49-55-61-67-79(4)5)77-101-105(93,94)99-73-81(88)74-100-106(95,96)102-78-83(76-98-85(90)70-64-58-52-48-47-50-56-62-68-80(6)9-3)104-87(92)71-65-59-53-45-41-37-31-23-21-19-17-15-13-11-8-2/h19,21,23,31,79-83,88H,7-18,20,22,24-30,32-78H2,1-6H3,(H,93,94)(H,95,96)/b21-19-,31-23-/t80?,81-,82-,83-/m1/s1. The van der Waals surface area contributed by atoms with Gasteiger partial charge in [-0.3, -0.25) is 37.3 Å². The number of aliphatic hydroxyl groups excluding tert-OH is 1. The average molecular weight is 1550 g/mol.